The average Bonchev–Trinajstić information content (AvgIpc) is 3.09. The largest absolute Gasteiger partial charge is 0.417 e. The van der Waals surface area contributed by atoms with Crippen molar-refractivity contribution in [1.82, 2.24) is 24.4 Å². The molecule has 1 amide bonds. The van der Waals surface area contributed by atoms with E-state index in [0.717, 1.165) is 31.6 Å². The molecule has 2 aromatic rings. The first kappa shape index (κ1) is 22.5. The molecule has 9 heteroatoms. The summed E-state index contributed by atoms with van der Waals surface area (Å²) in [5.74, 6) is 0.509. The van der Waals surface area contributed by atoms with E-state index in [1.54, 1.807) is 0 Å². The van der Waals surface area contributed by atoms with Crippen molar-refractivity contribution >= 4 is 11.6 Å². The Morgan fingerprint density at radius 3 is 2.40 bits per heavy atom. The monoisotopic (exact) mass is 425 g/mol. The van der Waals surface area contributed by atoms with Crippen molar-refractivity contribution in [3.63, 3.8) is 0 Å². The second-order valence-corrected chi connectivity index (χ2v) is 8.64. The van der Waals surface area contributed by atoms with Crippen LogP contribution in [0.5, 0.6) is 0 Å². The SMILES string of the molecule is CC(C(=O)N(C(C)C)C(C)C)N1CCCC(c2nnc3ccc(C(F)(F)F)cn23)C1. The summed E-state index contributed by atoms with van der Waals surface area (Å²) >= 11 is 0. The third-order valence-electron chi connectivity index (χ3n) is 5.85. The Balaban J connectivity index is 1.83. The minimum Gasteiger partial charge on any atom is -0.336 e. The number of rotatable bonds is 5. The summed E-state index contributed by atoms with van der Waals surface area (Å²) in [6.07, 6.45) is -1.71. The first-order valence-electron chi connectivity index (χ1n) is 10.5. The average molecular weight is 425 g/mol. The van der Waals surface area contributed by atoms with E-state index < -0.39 is 11.7 Å². The van der Waals surface area contributed by atoms with Crippen LogP contribution < -0.4 is 0 Å². The van der Waals surface area contributed by atoms with Gasteiger partial charge in [0.25, 0.3) is 0 Å². The van der Waals surface area contributed by atoms with Crippen molar-refractivity contribution < 1.29 is 18.0 Å². The highest BCUT2D eigenvalue weighted by atomic mass is 19.4. The number of pyridine rings is 1. The molecular formula is C21H30F3N5O. The normalized spacial score (nSPS) is 19.6. The number of piperidine rings is 1. The molecule has 0 bridgehead atoms. The second-order valence-electron chi connectivity index (χ2n) is 8.64. The number of carbonyl (C=O) groups is 1. The number of likely N-dealkylation sites (tertiary alicyclic amines) is 1. The molecule has 2 atom stereocenters. The summed E-state index contributed by atoms with van der Waals surface area (Å²) in [5.41, 5.74) is -0.332. The fourth-order valence-electron chi connectivity index (χ4n) is 4.40. The van der Waals surface area contributed by atoms with Gasteiger partial charge in [0, 0.05) is 30.7 Å². The molecule has 1 saturated heterocycles. The molecule has 2 aromatic heterocycles. The number of amides is 1. The Labute approximate surface area is 175 Å². The first-order valence-corrected chi connectivity index (χ1v) is 10.5. The van der Waals surface area contributed by atoms with E-state index in [9.17, 15) is 18.0 Å². The van der Waals surface area contributed by atoms with Crippen molar-refractivity contribution in [1.29, 1.82) is 0 Å². The maximum atomic E-state index is 13.2. The Morgan fingerprint density at radius 2 is 1.80 bits per heavy atom. The van der Waals surface area contributed by atoms with E-state index in [0.29, 0.717) is 18.0 Å². The molecule has 6 nitrogen and oxygen atoms in total. The van der Waals surface area contributed by atoms with Gasteiger partial charge in [-0.3, -0.25) is 14.1 Å². The van der Waals surface area contributed by atoms with Crippen LogP contribution in [0.3, 0.4) is 0 Å². The Morgan fingerprint density at radius 1 is 1.13 bits per heavy atom. The lowest BCUT2D eigenvalue weighted by Crippen LogP contribution is -2.53. The number of hydrogen-bond acceptors (Lipinski definition) is 4. The molecule has 166 valence electrons. The van der Waals surface area contributed by atoms with Gasteiger partial charge < -0.3 is 4.90 Å². The van der Waals surface area contributed by atoms with Crippen LogP contribution in [0.4, 0.5) is 13.2 Å². The van der Waals surface area contributed by atoms with Gasteiger partial charge >= 0.3 is 6.18 Å². The van der Waals surface area contributed by atoms with Crippen LogP contribution in [0.25, 0.3) is 5.65 Å². The zero-order chi connectivity index (χ0) is 22.2. The lowest BCUT2D eigenvalue weighted by atomic mass is 9.95. The molecule has 0 aliphatic carbocycles. The van der Waals surface area contributed by atoms with Crippen molar-refractivity contribution in [2.45, 2.75) is 77.7 Å². The number of aromatic nitrogens is 3. The molecule has 3 rings (SSSR count). The molecule has 0 radical (unpaired) electrons. The van der Waals surface area contributed by atoms with Gasteiger partial charge in [-0.25, -0.2) is 0 Å². The van der Waals surface area contributed by atoms with Crippen molar-refractivity contribution in [3.05, 3.63) is 29.7 Å². The minimum absolute atomic E-state index is 0.0751. The summed E-state index contributed by atoms with van der Waals surface area (Å²) in [6, 6.07) is 2.26. The van der Waals surface area contributed by atoms with Crippen molar-refractivity contribution in [2.75, 3.05) is 13.1 Å². The van der Waals surface area contributed by atoms with E-state index in [2.05, 4.69) is 15.1 Å². The van der Waals surface area contributed by atoms with Crippen LogP contribution in [-0.4, -0.2) is 61.5 Å². The van der Waals surface area contributed by atoms with E-state index in [4.69, 9.17) is 0 Å². The van der Waals surface area contributed by atoms with Gasteiger partial charge in [-0.1, -0.05) is 0 Å². The summed E-state index contributed by atoms with van der Waals surface area (Å²) in [4.78, 5) is 17.1. The molecule has 0 saturated carbocycles. The number of alkyl halides is 3. The predicted octanol–water partition coefficient (Wildman–Crippen LogP) is 3.96. The first-order chi connectivity index (χ1) is 14.0. The van der Waals surface area contributed by atoms with Crippen LogP contribution in [0.15, 0.2) is 18.3 Å². The van der Waals surface area contributed by atoms with E-state index in [1.165, 1.54) is 10.5 Å². The topological polar surface area (TPSA) is 53.7 Å². The zero-order valence-corrected chi connectivity index (χ0v) is 18.1. The zero-order valence-electron chi connectivity index (χ0n) is 18.1. The van der Waals surface area contributed by atoms with E-state index >= 15 is 0 Å². The predicted molar refractivity (Wildman–Crippen MR) is 108 cm³/mol. The number of hydrogen-bond donors (Lipinski definition) is 0. The Bertz CT molecular complexity index is 884. The maximum Gasteiger partial charge on any atom is 0.417 e. The third-order valence-corrected chi connectivity index (χ3v) is 5.85. The third kappa shape index (κ3) is 4.45. The highest BCUT2D eigenvalue weighted by Crippen LogP contribution is 2.32. The molecule has 0 spiro atoms. The lowest BCUT2D eigenvalue weighted by Gasteiger charge is -2.40. The molecule has 1 aliphatic rings. The van der Waals surface area contributed by atoms with Crippen LogP contribution in [0.1, 0.15) is 64.8 Å². The Hall–Kier alpha value is -2.16. The quantitative estimate of drug-likeness (QED) is 0.728. The molecule has 1 fully saturated rings. The fourth-order valence-corrected chi connectivity index (χ4v) is 4.40. The van der Waals surface area contributed by atoms with Gasteiger partial charge in [-0.05, 0) is 66.1 Å². The molecule has 0 N–H and O–H groups in total. The van der Waals surface area contributed by atoms with Crippen molar-refractivity contribution in [3.8, 4) is 0 Å². The smallest absolute Gasteiger partial charge is 0.336 e. The van der Waals surface area contributed by atoms with Gasteiger partial charge in [-0.2, -0.15) is 13.2 Å². The summed E-state index contributed by atoms with van der Waals surface area (Å²) in [6.45, 7) is 11.3. The summed E-state index contributed by atoms with van der Waals surface area (Å²) in [5, 5.41) is 8.24. The highest BCUT2D eigenvalue weighted by molar-refractivity contribution is 5.82. The van der Waals surface area contributed by atoms with Crippen molar-refractivity contribution in [2.24, 2.45) is 0 Å². The second kappa shape index (κ2) is 8.53. The molecule has 30 heavy (non-hydrogen) atoms. The summed E-state index contributed by atoms with van der Waals surface area (Å²) in [7, 11) is 0. The standard InChI is InChI=1S/C21H30F3N5O/c1-13(2)29(14(3)4)20(30)15(5)27-10-6-7-16(11-27)19-26-25-18-9-8-17(12-28(18)19)21(22,23)24/h8-9,12-16H,6-7,10-11H2,1-5H3. The highest BCUT2D eigenvalue weighted by Gasteiger charge is 2.35. The fraction of sp³-hybridized carbons (Fsp3) is 0.667. The number of halogens is 3. The van der Waals surface area contributed by atoms with E-state index in [1.807, 2.05) is 39.5 Å². The Kier molecular flexibility index (Phi) is 6.40. The molecule has 0 aromatic carbocycles. The summed E-state index contributed by atoms with van der Waals surface area (Å²) < 4.78 is 40.9. The van der Waals surface area contributed by atoms with Crippen LogP contribution in [-0.2, 0) is 11.0 Å². The number of fused-ring (bicyclic) bond motifs is 1. The van der Waals surface area contributed by atoms with Crippen LogP contribution >= 0.6 is 0 Å². The maximum absolute atomic E-state index is 13.2. The van der Waals surface area contributed by atoms with Gasteiger partial charge in [-0.15, -0.1) is 10.2 Å². The van der Waals surface area contributed by atoms with Gasteiger partial charge in [0.1, 0.15) is 5.82 Å². The van der Waals surface area contributed by atoms with Crippen LogP contribution in [0, 0.1) is 0 Å². The minimum atomic E-state index is -4.42. The van der Waals surface area contributed by atoms with Gasteiger partial charge in [0.05, 0.1) is 11.6 Å². The number of carbonyl (C=O) groups excluding carboxylic acids is 1. The van der Waals surface area contributed by atoms with Gasteiger partial charge in [0.15, 0.2) is 5.65 Å². The number of nitrogens with zero attached hydrogens (tertiary/aromatic N) is 5. The molecule has 3 heterocycles. The molecule has 1 aliphatic heterocycles. The van der Waals surface area contributed by atoms with Gasteiger partial charge in [0.2, 0.25) is 5.91 Å². The van der Waals surface area contributed by atoms with E-state index in [-0.39, 0.29) is 30.0 Å². The molecular weight excluding hydrogens is 395 g/mol. The molecule has 2 unspecified atom stereocenters. The van der Waals surface area contributed by atoms with Crippen LogP contribution in [0.2, 0.25) is 0 Å². The lowest BCUT2D eigenvalue weighted by molar-refractivity contribution is -0.140.